The van der Waals surface area contributed by atoms with E-state index >= 15 is 0 Å². The van der Waals surface area contributed by atoms with Crippen molar-refractivity contribution in [3.8, 4) is 23.3 Å². The Labute approximate surface area is 159 Å². The summed E-state index contributed by atoms with van der Waals surface area (Å²) in [7, 11) is 6.88. The molecule has 2 aromatic carbocycles. The Morgan fingerprint density at radius 1 is 1.04 bits per heavy atom. The van der Waals surface area contributed by atoms with Crippen LogP contribution in [-0.4, -0.2) is 33.3 Å². The lowest BCUT2D eigenvalue weighted by molar-refractivity contribution is 0.311. The number of likely N-dealkylation sites (N-methyl/N-ethyl adjacent to an activating group) is 1. The van der Waals surface area contributed by atoms with Crippen LogP contribution in [-0.2, 0) is 0 Å². The first-order valence-electron chi connectivity index (χ1n) is 8.54. The summed E-state index contributed by atoms with van der Waals surface area (Å²) in [6, 6.07) is 11.5. The Morgan fingerprint density at radius 2 is 1.74 bits per heavy atom. The van der Waals surface area contributed by atoms with Crippen LogP contribution >= 0.6 is 0 Å². The smallest absolute Gasteiger partial charge is 0.203 e. The van der Waals surface area contributed by atoms with Crippen molar-refractivity contribution >= 4 is 12.2 Å². The zero-order valence-electron chi connectivity index (χ0n) is 15.9. The summed E-state index contributed by atoms with van der Waals surface area (Å²) in [4.78, 5) is 2.11. The molecule has 1 atom stereocenters. The predicted octanol–water partition coefficient (Wildman–Crippen LogP) is 4.25. The summed E-state index contributed by atoms with van der Waals surface area (Å²) in [6.45, 7) is 0. The molecule has 1 aliphatic heterocycles. The standard InChI is InChI=1S/C22H22N2O3/c1-24-12-11-17-13-19(25-2)21(26-3)22(27-4)20(17)18(24)10-9-15-5-7-16(14-23)8-6-15/h5-13,18H,1-4H3. The topological polar surface area (TPSA) is 54.7 Å². The van der Waals surface area contributed by atoms with Gasteiger partial charge in [0.15, 0.2) is 11.5 Å². The van der Waals surface area contributed by atoms with Crippen LogP contribution < -0.4 is 14.2 Å². The molecule has 0 radical (unpaired) electrons. The van der Waals surface area contributed by atoms with Gasteiger partial charge in [-0.05, 0) is 35.4 Å². The minimum atomic E-state index is -0.0320. The largest absolute Gasteiger partial charge is 0.493 e. The van der Waals surface area contributed by atoms with Gasteiger partial charge in [0, 0.05) is 18.8 Å². The van der Waals surface area contributed by atoms with Crippen molar-refractivity contribution < 1.29 is 14.2 Å². The molecule has 0 amide bonds. The number of rotatable bonds is 5. The lowest BCUT2D eigenvalue weighted by Crippen LogP contribution is -2.22. The van der Waals surface area contributed by atoms with Gasteiger partial charge in [0.1, 0.15) is 0 Å². The Morgan fingerprint density at radius 3 is 2.33 bits per heavy atom. The third kappa shape index (κ3) is 3.47. The molecular formula is C22H22N2O3. The molecule has 0 N–H and O–H groups in total. The predicted molar refractivity (Wildman–Crippen MR) is 106 cm³/mol. The fourth-order valence-corrected chi connectivity index (χ4v) is 3.24. The van der Waals surface area contributed by atoms with E-state index < -0.39 is 0 Å². The van der Waals surface area contributed by atoms with E-state index in [0.29, 0.717) is 22.8 Å². The van der Waals surface area contributed by atoms with Gasteiger partial charge in [-0.2, -0.15) is 5.26 Å². The van der Waals surface area contributed by atoms with Crippen LogP contribution in [0.3, 0.4) is 0 Å². The highest BCUT2D eigenvalue weighted by molar-refractivity contribution is 5.71. The second-order valence-corrected chi connectivity index (χ2v) is 6.17. The molecule has 0 aromatic heterocycles. The van der Waals surface area contributed by atoms with Crippen molar-refractivity contribution in [3.63, 3.8) is 0 Å². The first-order valence-corrected chi connectivity index (χ1v) is 8.54. The molecule has 0 saturated heterocycles. The summed E-state index contributed by atoms with van der Waals surface area (Å²) >= 11 is 0. The van der Waals surface area contributed by atoms with Crippen LogP contribution in [0.2, 0.25) is 0 Å². The van der Waals surface area contributed by atoms with Crippen LogP contribution in [0.25, 0.3) is 12.2 Å². The molecule has 5 heteroatoms. The number of nitriles is 1. The second-order valence-electron chi connectivity index (χ2n) is 6.17. The molecule has 1 unspecified atom stereocenters. The molecule has 138 valence electrons. The molecule has 1 heterocycles. The molecule has 0 saturated carbocycles. The maximum atomic E-state index is 8.94. The van der Waals surface area contributed by atoms with E-state index in [-0.39, 0.29) is 6.04 Å². The first kappa shape index (κ1) is 18.4. The maximum Gasteiger partial charge on any atom is 0.203 e. The minimum Gasteiger partial charge on any atom is -0.493 e. The van der Waals surface area contributed by atoms with E-state index in [1.54, 1.807) is 21.3 Å². The fourth-order valence-electron chi connectivity index (χ4n) is 3.24. The van der Waals surface area contributed by atoms with E-state index in [2.05, 4.69) is 17.0 Å². The number of fused-ring (bicyclic) bond motifs is 1. The Kier molecular flexibility index (Phi) is 5.37. The van der Waals surface area contributed by atoms with Crippen LogP contribution in [0.4, 0.5) is 0 Å². The SMILES string of the molecule is COc1cc2c(c(OC)c1OC)C(C=Cc1ccc(C#N)cc1)N(C)C=C2. The van der Waals surface area contributed by atoms with Crippen LogP contribution in [0.15, 0.2) is 42.6 Å². The van der Waals surface area contributed by atoms with Gasteiger partial charge >= 0.3 is 0 Å². The third-order valence-corrected chi connectivity index (χ3v) is 4.63. The summed E-state index contributed by atoms with van der Waals surface area (Å²) in [6.07, 6.45) is 8.22. The molecule has 3 rings (SSSR count). The van der Waals surface area contributed by atoms with Gasteiger partial charge in [0.2, 0.25) is 5.75 Å². The molecule has 2 aromatic rings. The zero-order chi connectivity index (χ0) is 19.4. The summed E-state index contributed by atoms with van der Waals surface area (Å²) < 4.78 is 16.7. The van der Waals surface area contributed by atoms with Gasteiger partial charge in [0.05, 0.1) is 39.0 Å². The highest BCUT2D eigenvalue weighted by atomic mass is 16.5. The monoisotopic (exact) mass is 362 g/mol. The fraction of sp³-hybridized carbons (Fsp3) is 0.227. The molecule has 5 nitrogen and oxygen atoms in total. The third-order valence-electron chi connectivity index (χ3n) is 4.63. The summed E-state index contributed by atoms with van der Waals surface area (Å²) in [5.74, 6) is 1.88. The number of ether oxygens (including phenoxy) is 3. The van der Waals surface area contributed by atoms with Crippen molar-refractivity contribution in [3.05, 3.63) is 64.9 Å². The summed E-state index contributed by atoms with van der Waals surface area (Å²) in [5, 5.41) is 8.94. The van der Waals surface area contributed by atoms with E-state index in [0.717, 1.165) is 16.7 Å². The second kappa shape index (κ2) is 7.88. The number of nitrogens with zero attached hydrogens (tertiary/aromatic N) is 2. The molecule has 0 bridgehead atoms. The van der Waals surface area contributed by atoms with Gasteiger partial charge in [-0.15, -0.1) is 0 Å². The first-order chi connectivity index (χ1) is 13.1. The van der Waals surface area contributed by atoms with E-state index in [4.69, 9.17) is 19.5 Å². The average molecular weight is 362 g/mol. The normalized spacial score (nSPS) is 15.4. The van der Waals surface area contributed by atoms with Crippen LogP contribution in [0, 0.1) is 11.3 Å². The van der Waals surface area contributed by atoms with Crippen molar-refractivity contribution in [1.29, 1.82) is 5.26 Å². The van der Waals surface area contributed by atoms with Crippen LogP contribution in [0.1, 0.15) is 28.3 Å². The number of methoxy groups -OCH3 is 3. The lowest BCUT2D eigenvalue weighted by atomic mass is 9.93. The van der Waals surface area contributed by atoms with Gasteiger partial charge in [-0.1, -0.05) is 24.3 Å². The Balaban J connectivity index is 2.06. The summed E-state index contributed by atoms with van der Waals surface area (Å²) in [5.41, 5.74) is 3.72. The molecular weight excluding hydrogens is 340 g/mol. The van der Waals surface area contributed by atoms with Crippen LogP contribution in [0.5, 0.6) is 17.2 Å². The number of hydrogen-bond donors (Lipinski definition) is 0. The maximum absolute atomic E-state index is 8.94. The molecule has 0 fully saturated rings. The highest BCUT2D eigenvalue weighted by Crippen LogP contribution is 2.47. The number of hydrogen-bond acceptors (Lipinski definition) is 5. The number of benzene rings is 2. The van der Waals surface area contributed by atoms with Crippen molar-refractivity contribution in [1.82, 2.24) is 4.90 Å². The van der Waals surface area contributed by atoms with Crippen molar-refractivity contribution in [2.75, 3.05) is 28.4 Å². The highest BCUT2D eigenvalue weighted by Gasteiger charge is 2.28. The van der Waals surface area contributed by atoms with E-state index in [1.807, 2.05) is 55.7 Å². The molecule has 27 heavy (non-hydrogen) atoms. The molecule has 1 aliphatic rings. The van der Waals surface area contributed by atoms with Gasteiger partial charge < -0.3 is 19.1 Å². The Bertz CT molecular complexity index is 924. The molecule has 0 aliphatic carbocycles. The van der Waals surface area contributed by atoms with Crippen molar-refractivity contribution in [2.45, 2.75) is 6.04 Å². The quantitative estimate of drug-likeness (QED) is 0.796. The van der Waals surface area contributed by atoms with Gasteiger partial charge in [-0.3, -0.25) is 0 Å². The van der Waals surface area contributed by atoms with Gasteiger partial charge in [0.25, 0.3) is 0 Å². The average Bonchev–Trinajstić information content (AvgIpc) is 2.71. The van der Waals surface area contributed by atoms with E-state index in [1.165, 1.54) is 0 Å². The van der Waals surface area contributed by atoms with Gasteiger partial charge in [-0.25, -0.2) is 0 Å². The molecule has 0 spiro atoms. The minimum absolute atomic E-state index is 0.0320. The van der Waals surface area contributed by atoms with Crippen molar-refractivity contribution in [2.24, 2.45) is 0 Å². The van der Waals surface area contributed by atoms with E-state index in [9.17, 15) is 0 Å². The lowest BCUT2D eigenvalue weighted by Gasteiger charge is -2.32. The zero-order valence-corrected chi connectivity index (χ0v) is 15.9. The Hall–Kier alpha value is -3.39.